The third-order valence-corrected chi connectivity index (χ3v) is 3.44. The predicted octanol–water partition coefficient (Wildman–Crippen LogP) is 4.02. The van der Waals surface area contributed by atoms with E-state index in [4.69, 9.17) is 0 Å². The van der Waals surface area contributed by atoms with Gasteiger partial charge in [-0.05, 0) is 18.9 Å². The highest BCUT2D eigenvalue weighted by molar-refractivity contribution is 4.91. The maximum Gasteiger partial charge on any atom is 0.185 e. The van der Waals surface area contributed by atoms with E-state index in [0.29, 0.717) is 0 Å². The molecule has 0 amide bonds. The van der Waals surface area contributed by atoms with Gasteiger partial charge < -0.3 is 10.2 Å². The molecule has 2 heteroatoms. The Morgan fingerprint density at radius 2 is 1.53 bits per heavy atom. The standard InChI is InChI=1S/C15H30O2/c1-4-7-8-9-10-11-13-14(12-5-2)15(16,17)6-3/h6,14,16-17H,3-5,7-13H2,1-2H3. The summed E-state index contributed by atoms with van der Waals surface area (Å²) in [7, 11) is 0. The van der Waals surface area contributed by atoms with Crippen molar-refractivity contribution < 1.29 is 10.2 Å². The Hall–Kier alpha value is -0.340. The molecule has 1 atom stereocenters. The first kappa shape index (κ1) is 16.7. The molecular formula is C15H30O2. The second kappa shape index (κ2) is 9.67. The SMILES string of the molecule is C=CC(O)(O)C(CCC)CCCCCCCC. The Morgan fingerprint density at radius 1 is 0.941 bits per heavy atom. The molecule has 2 N–H and O–H groups in total. The molecule has 0 saturated heterocycles. The summed E-state index contributed by atoms with van der Waals surface area (Å²) in [6.45, 7) is 7.80. The topological polar surface area (TPSA) is 40.5 Å². The number of hydrogen-bond donors (Lipinski definition) is 2. The summed E-state index contributed by atoms with van der Waals surface area (Å²) in [6, 6.07) is 0. The maximum atomic E-state index is 9.79. The van der Waals surface area contributed by atoms with E-state index in [1.165, 1.54) is 38.2 Å². The lowest BCUT2D eigenvalue weighted by Gasteiger charge is -2.28. The third-order valence-electron chi connectivity index (χ3n) is 3.44. The highest BCUT2D eigenvalue weighted by Crippen LogP contribution is 2.27. The molecule has 0 aliphatic heterocycles. The fourth-order valence-corrected chi connectivity index (χ4v) is 2.26. The van der Waals surface area contributed by atoms with Crippen LogP contribution in [0.5, 0.6) is 0 Å². The molecule has 17 heavy (non-hydrogen) atoms. The zero-order chi connectivity index (χ0) is 13.1. The first-order valence-electron chi connectivity index (χ1n) is 7.16. The average Bonchev–Trinajstić information content (AvgIpc) is 2.32. The van der Waals surface area contributed by atoms with E-state index < -0.39 is 5.79 Å². The molecule has 0 saturated carbocycles. The summed E-state index contributed by atoms with van der Waals surface area (Å²) in [6.07, 6.45) is 11.4. The molecule has 0 aliphatic rings. The van der Waals surface area contributed by atoms with Gasteiger partial charge in [0.05, 0.1) is 0 Å². The van der Waals surface area contributed by atoms with Crippen molar-refractivity contribution in [2.45, 2.75) is 77.4 Å². The van der Waals surface area contributed by atoms with Crippen molar-refractivity contribution >= 4 is 0 Å². The summed E-state index contributed by atoms with van der Waals surface area (Å²) in [5.74, 6) is -1.74. The minimum Gasteiger partial charge on any atom is -0.362 e. The van der Waals surface area contributed by atoms with E-state index in [1.807, 2.05) is 0 Å². The van der Waals surface area contributed by atoms with Crippen LogP contribution < -0.4 is 0 Å². The Bertz CT molecular complexity index is 187. The largest absolute Gasteiger partial charge is 0.362 e. The molecule has 0 rings (SSSR count). The van der Waals surface area contributed by atoms with Crippen molar-refractivity contribution in [2.24, 2.45) is 5.92 Å². The molecule has 0 fully saturated rings. The summed E-state index contributed by atoms with van der Waals surface area (Å²) in [4.78, 5) is 0. The van der Waals surface area contributed by atoms with Gasteiger partial charge in [-0.1, -0.05) is 65.4 Å². The van der Waals surface area contributed by atoms with Gasteiger partial charge in [0, 0.05) is 5.92 Å². The van der Waals surface area contributed by atoms with Gasteiger partial charge in [0.1, 0.15) is 0 Å². The van der Waals surface area contributed by atoms with Crippen molar-refractivity contribution in [1.29, 1.82) is 0 Å². The van der Waals surface area contributed by atoms with E-state index >= 15 is 0 Å². The summed E-state index contributed by atoms with van der Waals surface area (Å²) >= 11 is 0. The monoisotopic (exact) mass is 242 g/mol. The van der Waals surface area contributed by atoms with Gasteiger partial charge in [-0.15, -0.1) is 0 Å². The van der Waals surface area contributed by atoms with Crippen LogP contribution in [0.4, 0.5) is 0 Å². The fraction of sp³-hybridized carbons (Fsp3) is 0.867. The van der Waals surface area contributed by atoms with E-state index in [0.717, 1.165) is 25.7 Å². The van der Waals surface area contributed by atoms with Gasteiger partial charge in [-0.3, -0.25) is 0 Å². The van der Waals surface area contributed by atoms with Gasteiger partial charge in [-0.25, -0.2) is 0 Å². The summed E-state index contributed by atoms with van der Waals surface area (Å²) < 4.78 is 0. The van der Waals surface area contributed by atoms with E-state index in [9.17, 15) is 10.2 Å². The lowest BCUT2D eigenvalue weighted by molar-refractivity contribution is -0.163. The molecule has 0 aromatic rings. The van der Waals surface area contributed by atoms with Crippen LogP contribution in [0.25, 0.3) is 0 Å². The quantitative estimate of drug-likeness (QED) is 0.326. The van der Waals surface area contributed by atoms with Crippen LogP contribution >= 0.6 is 0 Å². The van der Waals surface area contributed by atoms with Crippen molar-refractivity contribution in [2.75, 3.05) is 0 Å². The maximum absolute atomic E-state index is 9.79. The molecule has 0 heterocycles. The Balaban J connectivity index is 3.82. The van der Waals surface area contributed by atoms with Crippen molar-refractivity contribution in [1.82, 2.24) is 0 Å². The van der Waals surface area contributed by atoms with Crippen molar-refractivity contribution in [3.05, 3.63) is 12.7 Å². The van der Waals surface area contributed by atoms with Crippen LogP contribution in [-0.4, -0.2) is 16.0 Å². The summed E-state index contributed by atoms with van der Waals surface area (Å²) in [5, 5.41) is 19.6. The van der Waals surface area contributed by atoms with Gasteiger partial charge in [0.2, 0.25) is 0 Å². The zero-order valence-corrected chi connectivity index (χ0v) is 11.6. The second-order valence-corrected chi connectivity index (χ2v) is 5.03. The molecule has 0 aromatic heterocycles. The van der Waals surface area contributed by atoms with E-state index in [-0.39, 0.29) is 5.92 Å². The molecule has 0 aromatic carbocycles. The van der Waals surface area contributed by atoms with Crippen LogP contribution in [0, 0.1) is 5.92 Å². The minimum absolute atomic E-state index is 0.0591. The predicted molar refractivity (Wildman–Crippen MR) is 73.8 cm³/mol. The van der Waals surface area contributed by atoms with Crippen LogP contribution in [0.15, 0.2) is 12.7 Å². The normalized spacial score (nSPS) is 13.6. The highest BCUT2D eigenvalue weighted by Gasteiger charge is 2.29. The third kappa shape index (κ3) is 7.56. The number of hydrogen-bond acceptors (Lipinski definition) is 2. The molecule has 0 radical (unpaired) electrons. The number of unbranched alkanes of at least 4 members (excludes halogenated alkanes) is 5. The van der Waals surface area contributed by atoms with Gasteiger partial charge in [0.15, 0.2) is 5.79 Å². The molecule has 102 valence electrons. The molecule has 0 spiro atoms. The van der Waals surface area contributed by atoms with E-state index in [1.54, 1.807) is 0 Å². The highest BCUT2D eigenvalue weighted by atomic mass is 16.5. The fourth-order valence-electron chi connectivity index (χ4n) is 2.26. The van der Waals surface area contributed by atoms with E-state index in [2.05, 4.69) is 20.4 Å². The Kier molecular flexibility index (Phi) is 9.47. The lowest BCUT2D eigenvalue weighted by Crippen LogP contribution is -2.35. The average molecular weight is 242 g/mol. The van der Waals surface area contributed by atoms with Crippen molar-refractivity contribution in [3.8, 4) is 0 Å². The van der Waals surface area contributed by atoms with Crippen LogP contribution in [0.2, 0.25) is 0 Å². The molecule has 1 unspecified atom stereocenters. The van der Waals surface area contributed by atoms with Crippen LogP contribution in [-0.2, 0) is 0 Å². The van der Waals surface area contributed by atoms with Gasteiger partial charge in [-0.2, -0.15) is 0 Å². The molecule has 0 bridgehead atoms. The first-order chi connectivity index (χ1) is 8.08. The van der Waals surface area contributed by atoms with Crippen molar-refractivity contribution in [3.63, 3.8) is 0 Å². The smallest absolute Gasteiger partial charge is 0.185 e. The molecule has 0 aliphatic carbocycles. The first-order valence-corrected chi connectivity index (χ1v) is 7.16. The summed E-state index contributed by atoms with van der Waals surface area (Å²) in [5.41, 5.74) is 0. The van der Waals surface area contributed by atoms with Gasteiger partial charge >= 0.3 is 0 Å². The van der Waals surface area contributed by atoms with Gasteiger partial charge in [0.25, 0.3) is 0 Å². The molecule has 2 nitrogen and oxygen atoms in total. The Morgan fingerprint density at radius 3 is 2.06 bits per heavy atom. The van der Waals surface area contributed by atoms with Crippen LogP contribution in [0.3, 0.4) is 0 Å². The second-order valence-electron chi connectivity index (χ2n) is 5.03. The minimum atomic E-state index is -1.68. The lowest BCUT2D eigenvalue weighted by atomic mass is 9.88. The van der Waals surface area contributed by atoms with Crippen LogP contribution in [0.1, 0.15) is 71.6 Å². The molecular weight excluding hydrogens is 212 g/mol. The zero-order valence-electron chi connectivity index (χ0n) is 11.6. The number of rotatable bonds is 11. The Labute approximate surface area is 107 Å². The number of aliphatic hydroxyl groups is 2.